The molecule has 1 aromatic rings. The van der Waals surface area contributed by atoms with Crippen molar-refractivity contribution < 1.29 is 23.9 Å². The van der Waals surface area contributed by atoms with E-state index in [1.54, 1.807) is 31.4 Å². The normalized spacial score (nSPS) is 10.5. The van der Waals surface area contributed by atoms with E-state index in [1.165, 1.54) is 11.8 Å². The summed E-state index contributed by atoms with van der Waals surface area (Å²) in [5, 5.41) is 5.40. The summed E-state index contributed by atoms with van der Waals surface area (Å²) in [7, 11) is 1.56. The van der Waals surface area contributed by atoms with Crippen LogP contribution in [-0.4, -0.2) is 56.9 Å². The Bertz CT molecular complexity index is 607. The second-order valence-corrected chi connectivity index (χ2v) is 6.92. The summed E-state index contributed by atoms with van der Waals surface area (Å²) in [6, 6.07) is 6.83. The Balaban J connectivity index is 2.52. The first-order valence-corrected chi connectivity index (χ1v) is 9.34. The molecule has 0 unspecified atom stereocenters. The Morgan fingerprint density at radius 3 is 2.54 bits per heavy atom. The van der Waals surface area contributed by atoms with Gasteiger partial charge in [-0.2, -0.15) is 0 Å². The topological polar surface area (TPSA) is 93.7 Å². The van der Waals surface area contributed by atoms with E-state index < -0.39 is 5.97 Å². The minimum atomic E-state index is -0.590. The molecule has 0 aliphatic carbocycles. The third kappa shape index (κ3) is 8.87. The van der Waals surface area contributed by atoms with Crippen LogP contribution in [0.1, 0.15) is 24.2 Å². The van der Waals surface area contributed by atoms with E-state index in [1.807, 2.05) is 13.8 Å². The minimum absolute atomic E-state index is 0.150. The zero-order valence-corrected chi connectivity index (χ0v) is 16.2. The quantitative estimate of drug-likeness (QED) is 0.342. The van der Waals surface area contributed by atoms with Gasteiger partial charge >= 0.3 is 5.97 Å². The SMILES string of the molecule is COCCNC(=O)CSc1ccccc1C(=O)OCC(=O)NCC(C)C. The Morgan fingerprint density at radius 1 is 1.12 bits per heavy atom. The van der Waals surface area contributed by atoms with Crippen molar-refractivity contribution in [2.75, 3.05) is 39.2 Å². The van der Waals surface area contributed by atoms with Crippen molar-refractivity contribution in [2.24, 2.45) is 5.92 Å². The average molecular weight is 382 g/mol. The van der Waals surface area contributed by atoms with Gasteiger partial charge in [0.05, 0.1) is 17.9 Å². The molecule has 0 aliphatic heterocycles. The van der Waals surface area contributed by atoms with E-state index >= 15 is 0 Å². The van der Waals surface area contributed by atoms with Crippen molar-refractivity contribution >= 4 is 29.5 Å². The highest BCUT2D eigenvalue weighted by Gasteiger charge is 2.15. The number of benzene rings is 1. The Hall–Kier alpha value is -2.06. The molecule has 0 spiro atoms. The van der Waals surface area contributed by atoms with Crippen LogP contribution < -0.4 is 10.6 Å². The fourth-order valence-corrected chi connectivity index (χ4v) is 2.70. The van der Waals surface area contributed by atoms with Crippen LogP contribution in [0.5, 0.6) is 0 Å². The highest BCUT2D eigenvalue weighted by molar-refractivity contribution is 8.00. The maximum absolute atomic E-state index is 12.2. The molecule has 8 heteroatoms. The lowest BCUT2D eigenvalue weighted by molar-refractivity contribution is -0.124. The molecule has 2 N–H and O–H groups in total. The first-order valence-electron chi connectivity index (χ1n) is 8.35. The molecule has 7 nitrogen and oxygen atoms in total. The van der Waals surface area contributed by atoms with Gasteiger partial charge < -0.3 is 20.1 Å². The van der Waals surface area contributed by atoms with E-state index in [-0.39, 0.29) is 24.2 Å². The molecule has 0 aliphatic rings. The zero-order valence-electron chi connectivity index (χ0n) is 15.4. The fraction of sp³-hybridized carbons (Fsp3) is 0.500. The Kier molecular flexibility index (Phi) is 10.4. The van der Waals surface area contributed by atoms with Gasteiger partial charge in [0.25, 0.3) is 5.91 Å². The van der Waals surface area contributed by atoms with Gasteiger partial charge in [-0.25, -0.2) is 4.79 Å². The fourth-order valence-electron chi connectivity index (χ4n) is 1.83. The van der Waals surface area contributed by atoms with Crippen LogP contribution >= 0.6 is 11.8 Å². The molecule has 0 aromatic heterocycles. The summed E-state index contributed by atoms with van der Waals surface area (Å²) >= 11 is 1.24. The maximum Gasteiger partial charge on any atom is 0.339 e. The molecule has 0 saturated heterocycles. The summed E-state index contributed by atoms with van der Waals surface area (Å²) in [6.45, 7) is 5.03. The van der Waals surface area contributed by atoms with E-state index in [2.05, 4.69) is 10.6 Å². The van der Waals surface area contributed by atoms with E-state index in [9.17, 15) is 14.4 Å². The van der Waals surface area contributed by atoms with Crippen LogP contribution in [0.4, 0.5) is 0 Å². The van der Waals surface area contributed by atoms with Crippen molar-refractivity contribution in [1.29, 1.82) is 0 Å². The number of methoxy groups -OCH3 is 1. The van der Waals surface area contributed by atoms with Crippen LogP contribution in [0.15, 0.2) is 29.2 Å². The number of rotatable bonds is 11. The van der Waals surface area contributed by atoms with Crippen molar-refractivity contribution in [1.82, 2.24) is 10.6 Å². The standard InChI is InChI=1S/C18H26N2O5S/c1-13(2)10-20-16(21)11-25-18(23)14-6-4-5-7-15(14)26-12-17(22)19-8-9-24-3/h4-7,13H,8-12H2,1-3H3,(H,19,22)(H,20,21). The molecule has 0 bridgehead atoms. The number of hydrogen-bond acceptors (Lipinski definition) is 6. The Morgan fingerprint density at radius 2 is 1.85 bits per heavy atom. The molecular weight excluding hydrogens is 356 g/mol. The van der Waals surface area contributed by atoms with Crippen LogP contribution in [0.3, 0.4) is 0 Å². The van der Waals surface area contributed by atoms with Gasteiger partial charge in [0.1, 0.15) is 0 Å². The number of carbonyl (C=O) groups is 3. The molecule has 2 amide bonds. The van der Waals surface area contributed by atoms with Gasteiger partial charge in [-0.15, -0.1) is 11.8 Å². The average Bonchev–Trinajstić information content (AvgIpc) is 2.63. The highest BCUT2D eigenvalue weighted by atomic mass is 32.2. The van der Waals surface area contributed by atoms with Crippen LogP contribution in [-0.2, 0) is 19.1 Å². The number of ether oxygens (including phenoxy) is 2. The summed E-state index contributed by atoms with van der Waals surface area (Å²) in [5.74, 6) is -0.588. The molecule has 0 heterocycles. The van der Waals surface area contributed by atoms with Crippen molar-refractivity contribution in [3.63, 3.8) is 0 Å². The Labute approximate surface area is 158 Å². The number of nitrogens with one attached hydrogen (secondary N) is 2. The first kappa shape index (κ1) is 22.0. The monoisotopic (exact) mass is 382 g/mol. The van der Waals surface area contributed by atoms with E-state index in [0.717, 1.165) is 0 Å². The lowest BCUT2D eigenvalue weighted by atomic mass is 10.2. The molecule has 0 fully saturated rings. The van der Waals surface area contributed by atoms with Gasteiger partial charge in [-0.1, -0.05) is 26.0 Å². The summed E-state index contributed by atoms with van der Waals surface area (Å²) in [5.41, 5.74) is 0.332. The minimum Gasteiger partial charge on any atom is -0.452 e. The van der Waals surface area contributed by atoms with Crippen LogP contribution in [0.25, 0.3) is 0 Å². The van der Waals surface area contributed by atoms with E-state index in [4.69, 9.17) is 9.47 Å². The summed E-state index contributed by atoms with van der Waals surface area (Å²) < 4.78 is 9.93. The number of amides is 2. The van der Waals surface area contributed by atoms with Crippen LogP contribution in [0.2, 0.25) is 0 Å². The third-order valence-corrected chi connectivity index (χ3v) is 4.21. The van der Waals surface area contributed by atoms with Crippen molar-refractivity contribution in [3.8, 4) is 0 Å². The van der Waals surface area contributed by atoms with E-state index in [0.29, 0.717) is 36.1 Å². The smallest absolute Gasteiger partial charge is 0.339 e. The number of carbonyl (C=O) groups excluding carboxylic acids is 3. The first-order chi connectivity index (χ1) is 12.4. The zero-order chi connectivity index (χ0) is 19.4. The van der Waals surface area contributed by atoms with Gasteiger partial charge in [-0.05, 0) is 18.1 Å². The van der Waals surface area contributed by atoms with Gasteiger partial charge in [-0.3, -0.25) is 9.59 Å². The maximum atomic E-state index is 12.2. The molecule has 1 rings (SSSR count). The predicted molar refractivity (Wildman–Crippen MR) is 100 cm³/mol. The second-order valence-electron chi connectivity index (χ2n) is 5.90. The number of thioether (sulfide) groups is 1. The molecule has 1 aromatic carbocycles. The van der Waals surface area contributed by atoms with Gasteiger partial charge in [0, 0.05) is 25.1 Å². The number of hydrogen-bond donors (Lipinski definition) is 2. The lowest BCUT2D eigenvalue weighted by Crippen LogP contribution is -2.31. The second kappa shape index (κ2) is 12.3. The molecular formula is C18H26N2O5S. The molecule has 26 heavy (non-hydrogen) atoms. The third-order valence-electron chi connectivity index (χ3n) is 3.14. The molecule has 0 atom stereocenters. The van der Waals surface area contributed by atoms with Gasteiger partial charge in [0.2, 0.25) is 5.91 Å². The number of esters is 1. The summed E-state index contributed by atoms with van der Waals surface area (Å²) in [6.07, 6.45) is 0. The molecule has 0 saturated carbocycles. The largest absolute Gasteiger partial charge is 0.452 e. The predicted octanol–water partition coefficient (Wildman–Crippen LogP) is 1.47. The van der Waals surface area contributed by atoms with Gasteiger partial charge in [0.15, 0.2) is 6.61 Å². The molecule has 144 valence electrons. The highest BCUT2D eigenvalue weighted by Crippen LogP contribution is 2.23. The van der Waals surface area contributed by atoms with Crippen LogP contribution in [0, 0.1) is 5.92 Å². The van der Waals surface area contributed by atoms with Crippen molar-refractivity contribution in [3.05, 3.63) is 29.8 Å². The molecule has 0 radical (unpaired) electrons. The lowest BCUT2D eigenvalue weighted by Gasteiger charge is -2.10. The van der Waals surface area contributed by atoms with Crippen molar-refractivity contribution in [2.45, 2.75) is 18.7 Å². The summed E-state index contributed by atoms with van der Waals surface area (Å²) in [4.78, 5) is 36.3.